The highest BCUT2D eigenvalue weighted by Crippen LogP contribution is 2.33. The minimum Gasteiger partial charge on any atom is -0.466 e. The molecule has 1 rings (SSSR count). The van der Waals surface area contributed by atoms with E-state index in [4.69, 9.17) is 4.74 Å². The van der Waals surface area contributed by atoms with Gasteiger partial charge in [0.1, 0.15) is 5.78 Å². The maximum atomic E-state index is 11.8. The number of Topliss-reactive ketones (excluding diaryl/α,β-unsaturated/α-hetero) is 1. The van der Waals surface area contributed by atoms with Crippen molar-refractivity contribution in [2.75, 3.05) is 26.2 Å². The van der Waals surface area contributed by atoms with Gasteiger partial charge in [0, 0.05) is 6.42 Å². The van der Waals surface area contributed by atoms with Gasteiger partial charge in [-0.15, -0.1) is 0 Å². The molecule has 0 radical (unpaired) electrons. The molecule has 110 valence electrons. The van der Waals surface area contributed by atoms with Crippen LogP contribution in [0.4, 0.5) is 0 Å². The molecule has 1 fully saturated rings. The minimum atomic E-state index is -0.270. The second-order valence-corrected chi connectivity index (χ2v) is 5.78. The Morgan fingerprint density at radius 2 is 1.79 bits per heavy atom. The molecule has 0 saturated carbocycles. The lowest BCUT2D eigenvalue weighted by molar-refractivity contribution is -0.144. The number of hydrogen-bond donors (Lipinski definition) is 0. The van der Waals surface area contributed by atoms with Gasteiger partial charge in [0.05, 0.1) is 19.6 Å². The quantitative estimate of drug-likeness (QED) is 0.666. The molecule has 0 aromatic carbocycles. The Balaban J connectivity index is 2.22. The van der Waals surface area contributed by atoms with Crippen LogP contribution in [0.15, 0.2) is 0 Å². The van der Waals surface area contributed by atoms with Crippen molar-refractivity contribution >= 4 is 11.8 Å². The number of rotatable bonds is 7. The Hall–Kier alpha value is -0.900. The lowest BCUT2D eigenvalue weighted by atomic mass is 9.78. The first-order chi connectivity index (χ1) is 8.99. The number of piperidine rings is 1. The number of ketones is 1. The van der Waals surface area contributed by atoms with Gasteiger partial charge >= 0.3 is 5.97 Å². The monoisotopic (exact) mass is 269 g/mol. The molecule has 0 N–H and O–H groups in total. The van der Waals surface area contributed by atoms with Gasteiger partial charge in [0.15, 0.2) is 0 Å². The predicted molar refractivity (Wildman–Crippen MR) is 74.9 cm³/mol. The molecular weight excluding hydrogens is 242 g/mol. The fraction of sp³-hybridized carbons (Fsp3) is 0.867. The predicted octanol–water partition coefficient (Wildman–Crippen LogP) is 2.41. The molecule has 1 saturated heterocycles. The Bertz CT molecular complexity index is 307. The van der Waals surface area contributed by atoms with Crippen LogP contribution in [-0.2, 0) is 14.3 Å². The molecule has 19 heavy (non-hydrogen) atoms. The van der Waals surface area contributed by atoms with Gasteiger partial charge in [-0.25, -0.2) is 0 Å². The molecule has 0 spiro atoms. The number of nitrogens with zero attached hydrogens (tertiary/aromatic N) is 1. The summed E-state index contributed by atoms with van der Waals surface area (Å²) in [6.07, 6.45) is 4.05. The largest absolute Gasteiger partial charge is 0.466 e. The van der Waals surface area contributed by atoms with Crippen molar-refractivity contribution in [3.63, 3.8) is 0 Å². The molecule has 1 heterocycles. The fourth-order valence-corrected chi connectivity index (χ4v) is 2.41. The summed E-state index contributed by atoms with van der Waals surface area (Å²) in [5, 5.41) is 0. The Kier molecular flexibility index (Phi) is 6.49. The summed E-state index contributed by atoms with van der Waals surface area (Å²) >= 11 is 0. The number of carbonyl (C=O) groups excluding carboxylic acids is 2. The Morgan fingerprint density at radius 1 is 1.16 bits per heavy atom. The van der Waals surface area contributed by atoms with E-state index in [1.165, 1.54) is 6.42 Å². The highest BCUT2D eigenvalue weighted by molar-refractivity contribution is 5.84. The van der Waals surface area contributed by atoms with Gasteiger partial charge in [0.25, 0.3) is 0 Å². The topological polar surface area (TPSA) is 46.6 Å². The molecule has 0 bridgehead atoms. The van der Waals surface area contributed by atoms with Crippen molar-refractivity contribution in [2.45, 2.75) is 52.9 Å². The van der Waals surface area contributed by atoms with Crippen LogP contribution < -0.4 is 0 Å². The van der Waals surface area contributed by atoms with Crippen molar-refractivity contribution in [3.05, 3.63) is 0 Å². The zero-order valence-electron chi connectivity index (χ0n) is 12.5. The average molecular weight is 269 g/mol. The molecule has 4 nitrogen and oxygen atoms in total. The molecule has 4 heteroatoms. The van der Waals surface area contributed by atoms with Crippen molar-refractivity contribution in [1.29, 1.82) is 0 Å². The molecule has 0 aromatic rings. The van der Waals surface area contributed by atoms with Crippen LogP contribution >= 0.6 is 0 Å². The summed E-state index contributed by atoms with van der Waals surface area (Å²) < 4.78 is 4.82. The highest BCUT2D eigenvalue weighted by Gasteiger charge is 2.28. The molecule has 0 atom stereocenters. The normalized spacial score (nSPS) is 19.1. The molecule has 0 aromatic heterocycles. The van der Waals surface area contributed by atoms with Crippen LogP contribution in [0, 0.1) is 5.41 Å². The van der Waals surface area contributed by atoms with E-state index in [1.807, 2.05) is 0 Å². The van der Waals surface area contributed by atoms with E-state index < -0.39 is 0 Å². The number of ether oxygens (including phenoxy) is 1. The third-order valence-electron chi connectivity index (χ3n) is 4.23. The van der Waals surface area contributed by atoms with E-state index in [2.05, 4.69) is 18.7 Å². The summed E-state index contributed by atoms with van der Waals surface area (Å²) in [5.41, 5.74) is 0.449. The summed E-state index contributed by atoms with van der Waals surface area (Å²) in [4.78, 5) is 25.2. The van der Waals surface area contributed by atoms with E-state index in [0.29, 0.717) is 25.0 Å². The maximum absolute atomic E-state index is 11.8. The summed E-state index contributed by atoms with van der Waals surface area (Å²) in [6.45, 7) is 9.20. The standard InChI is InChI=1S/C15H27NO3/c1-4-15(3)8-10-16(11-9-15)12-13(17)6-7-14(18)19-5-2/h4-12H2,1-3H3. The van der Waals surface area contributed by atoms with Crippen LogP contribution in [0.2, 0.25) is 0 Å². The molecular formula is C15H27NO3. The van der Waals surface area contributed by atoms with Gasteiger partial charge in [-0.05, 0) is 38.3 Å². The Morgan fingerprint density at radius 3 is 2.32 bits per heavy atom. The van der Waals surface area contributed by atoms with Gasteiger partial charge in [0.2, 0.25) is 0 Å². The van der Waals surface area contributed by atoms with Crippen molar-refractivity contribution in [1.82, 2.24) is 4.90 Å². The third kappa shape index (κ3) is 5.72. The van der Waals surface area contributed by atoms with E-state index in [1.54, 1.807) is 6.92 Å². The van der Waals surface area contributed by atoms with Crippen LogP contribution in [-0.4, -0.2) is 42.9 Å². The van der Waals surface area contributed by atoms with Crippen LogP contribution in [0.5, 0.6) is 0 Å². The van der Waals surface area contributed by atoms with Crippen molar-refractivity contribution < 1.29 is 14.3 Å². The summed E-state index contributed by atoms with van der Waals surface area (Å²) in [6, 6.07) is 0. The minimum absolute atomic E-state index is 0.146. The number of carbonyl (C=O) groups is 2. The number of likely N-dealkylation sites (tertiary alicyclic amines) is 1. The zero-order chi connectivity index (χ0) is 14.3. The second-order valence-electron chi connectivity index (χ2n) is 5.78. The third-order valence-corrected chi connectivity index (χ3v) is 4.23. The molecule has 1 aliphatic heterocycles. The van der Waals surface area contributed by atoms with E-state index >= 15 is 0 Å². The maximum Gasteiger partial charge on any atom is 0.306 e. The van der Waals surface area contributed by atoms with Crippen LogP contribution in [0.1, 0.15) is 52.9 Å². The zero-order valence-corrected chi connectivity index (χ0v) is 12.5. The number of esters is 1. The fourth-order valence-electron chi connectivity index (χ4n) is 2.41. The molecule has 0 unspecified atom stereocenters. The van der Waals surface area contributed by atoms with Crippen LogP contribution in [0.25, 0.3) is 0 Å². The highest BCUT2D eigenvalue weighted by atomic mass is 16.5. The van der Waals surface area contributed by atoms with E-state index in [-0.39, 0.29) is 18.2 Å². The summed E-state index contributed by atoms with van der Waals surface area (Å²) in [5.74, 6) is -0.124. The first-order valence-corrected chi connectivity index (χ1v) is 7.39. The second kappa shape index (κ2) is 7.63. The van der Waals surface area contributed by atoms with Gasteiger partial charge in [-0.3, -0.25) is 14.5 Å². The van der Waals surface area contributed by atoms with Crippen molar-refractivity contribution in [3.8, 4) is 0 Å². The first kappa shape index (κ1) is 16.2. The Labute approximate surface area is 116 Å². The van der Waals surface area contributed by atoms with E-state index in [0.717, 1.165) is 25.9 Å². The number of hydrogen-bond acceptors (Lipinski definition) is 4. The van der Waals surface area contributed by atoms with Crippen molar-refractivity contribution in [2.24, 2.45) is 5.41 Å². The lowest BCUT2D eigenvalue weighted by Crippen LogP contribution is -2.41. The van der Waals surface area contributed by atoms with Gasteiger partial charge in [-0.1, -0.05) is 20.3 Å². The van der Waals surface area contributed by atoms with Gasteiger partial charge < -0.3 is 4.74 Å². The summed E-state index contributed by atoms with van der Waals surface area (Å²) in [7, 11) is 0. The van der Waals surface area contributed by atoms with Gasteiger partial charge in [-0.2, -0.15) is 0 Å². The lowest BCUT2D eigenvalue weighted by Gasteiger charge is -2.38. The van der Waals surface area contributed by atoms with E-state index in [9.17, 15) is 9.59 Å². The molecule has 0 amide bonds. The van der Waals surface area contributed by atoms with Crippen LogP contribution in [0.3, 0.4) is 0 Å². The average Bonchev–Trinajstić information content (AvgIpc) is 2.40. The molecule has 0 aliphatic carbocycles. The first-order valence-electron chi connectivity index (χ1n) is 7.39. The molecule has 1 aliphatic rings. The smallest absolute Gasteiger partial charge is 0.306 e. The SMILES string of the molecule is CCOC(=O)CCC(=O)CN1CCC(C)(CC)CC1.